The van der Waals surface area contributed by atoms with Crippen molar-refractivity contribution in [2.75, 3.05) is 29.9 Å². The highest BCUT2D eigenvalue weighted by molar-refractivity contribution is 6.30. The van der Waals surface area contributed by atoms with Gasteiger partial charge in [0.15, 0.2) is 5.82 Å². The molecule has 3 aromatic rings. The number of ether oxygens (including phenoxy) is 1. The first kappa shape index (κ1) is 19.5. The Kier molecular flexibility index (Phi) is 5.81. The number of fused-ring (bicyclic) bond motifs is 1. The molecule has 0 saturated carbocycles. The lowest BCUT2D eigenvalue weighted by Crippen LogP contribution is -2.41. The van der Waals surface area contributed by atoms with Crippen LogP contribution in [-0.4, -0.2) is 35.6 Å². The summed E-state index contributed by atoms with van der Waals surface area (Å²) in [5, 5.41) is 3.57. The summed E-state index contributed by atoms with van der Waals surface area (Å²) >= 11 is 6.02. The third kappa shape index (κ3) is 4.43. The minimum absolute atomic E-state index is 0.0105. The van der Waals surface area contributed by atoms with Crippen LogP contribution in [0.15, 0.2) is 48.5 Å². The summed E-state index contributed by atoms with van der Waals surface area (Å²) in [4.78, 5) is 24.4. The van der Waals surface area contributed by atoms with Gasteiger partial charge in [-0.1, -0.05) is 29.8 Å². The first-order chi connectivity index (χ1) is 14.1. The van der Waals surface area contributed by atoms with Crippen LogP contribution in [-0.2, 0) is 4.79 Å². The smallest absolute Gasteiger partial charge is 0.258 e. The Balaban J connectivity index is 1.56. The maximum Gasteiger partial charge on any atom is 0.258 e. The molecule has 1 saturated heterocycles. The van der Waals surface area contributed by atoms with Crippen LogP contribution in [0, 0.1) is 5.92 Å². The Morgan fingerprint density at radius 1 is 1.21 bits per heavy atom. The van der Waals surface area contributed by atoms with Gasteiger partial charge < -0.3 is 15.0 Å². The number of hydrogen-bond donors (Lipinski definition) is 1. The van der Waals surface area contributed by atoms with E-state index in [0.717, 1.165) is 30.4 Å². The molecule has 0 unspecified atom stereocenters. The van der Waals surface area contributed by atoms with Gasteiger partial charge in [-0.2, -0.15) is 0 Å². The number of piperidine rings is 1. The topological polar surface area (TPSA) is 67.4 Å². The van der Waals surface area contributed by atoms with Crippen LogP contribution in [0.3, 0.4) is 0 Å². The first-order valence-electron chi connectivity index (χ1n) is 9.85. The van der Waals surface area contributed by atoms with Crippen LogP contribution >= 0.6 is 11.6 Å². The van der Waals surface area contributed by atoms with Gasteiger partial charge in [-0.05, 0) is 50.1 Å². The summed E-state index contributed by atoms with van der Waals surface area (Å²) in [6.45, 7) is 3.82. The van der Waals surface area contributed by atoms with E-state index in [1.165, 1.54) is 0 Å². The monoisotopic (exact) mass is 410 g/mol. The van der Waals surface area contributed by atoms with E-state index in [9.17, 15) is 4.79 Å². The second kappa shape index (κ2) is 8.66. The Bertz CT molecular complexity index is 1030. The van der Waals surface area contributed by atoms with Gasteiger partial charge in [0, 0.05) is 23.8 Å². The average molecular weight is 411 g/mol. The number of aromatic nitrogens is 2. The van der Waals surface area contributed by atoms with Crippen molar-refractivity contribution < 1.29 is 9.53 Å². The lowest BCUT2D eigenvalue weighted by atomic mass is 9.97. The van der Waals surface area contributed by atoms with Gasteiger partial charge in [0.05, 0.1) is 23.6 Å². The lowest BCUT2D eigenvalue weighted by Gasteiger charge is -2.33. The molecule has 0 spiro atoms. The Morgan fingerprint density at radius 2 is 2.00 bits per heavy atom. The quantitative estimate of drug-likeness (QED) is 0.669. The summed E-state index contributed by atoms with van der Waals surface area (Å²) in [7, 11) is 0. The van der Waals surface area contributed by atoms with Crippen molar-refractivity contribution in [1.82, 2.24) is 9.97 Å². The zero-order valence-electron chi connectivity index (χ0n) is 16.3. The number of nitrogens with one attached hydrogen (secondary N) is 1. The molecule has 1 aliphatic rings. The predicted molar refractivity (Wildman–Crippen MR) is 116 cm³/mol. The van der Waals surface area contributed by atoms with Crippen LogP contribution in [0.4, 0.5) is 11.5 Å². The third-order valence-electron chi connectivity index (χ3n) is 4.99. The van der Waals surface area contributed by atoms with Crippen LogP contribution in [0.5, 0.6) is 5.88 Å². The molecule has 1 amide bonds. The standard InChI is InChI=1S/C22H23ClN4O2/c1-2-29-22-20(25-18-10-3-4-11-19(18)26-22)27-12-6-7-15(14-27)21(28)24-17-9-5-8-16(23)13-17/h3-5,8-11,13,15H,2,6-7,12,14H2,1H3,(H,24,28)/t15-/m0/s1. The molecule has 1 aliphatic heterocycles. The first-order valence-corrected chi connectivity index (χ1v) is 10.2. The summed E-state index contributed by atoms with van der Waals surface area (Å²) < 4.78 is 5.77. The van der Waals surface area contributed by atoms with Gasteiger partial charge in [0.25, 0.3) is 5.88 Å². The Labute approximate surface area is 174 Å². The van der Waals surface area contributed by atoms with E-state index in [-0.39, 0.29) is 11.8 Å². The molecule has 0 aliphatic carbocycles. The molecule has 0 bridgehead atoms. The van der Waals surface area contributed by atoms with Crippen LogP contribution in [0.2, 0.25) is 5.02 Å². The number of halogens is 1. The number of carbonyl (C=O) groups is 1. The van der Waals surface area contributed by atoms with Gasteiger partial charge in [0.1, 0.15) is 0 Å². The molecule has 1 aromatic heterocycles. The summed E-state index contributed by atoms with van der Waals surface area (Å²) in [5.41, 5.74) is 2.32. The number of carbonyl (C=O) groups excluding carboxylic acids is 1. The molecular weight excluding hydrogens is 388 g/mol. The molecule has 1 atom stereocenters. The van der Waals surface area contributed by atoms with Crippen LogP contribution in [0.25, 0.3) is 11.0 Å². The van der Waals surface area contributed by atoms with E-state index in [0.29, 0.717) is 35.6 Å². The van der Waals surface area contributed by atoms with Gasteiger partial charge in [-0.15, -0.1) is 0 Å². The van der Waals surface area contributed by atoms with Crippen molar-refractivity contribution in [2.24, 2.45) is 5.92 Å². The van der Waals surface area contributed by atoms with Crippen molar-refractivity contribution in [3.8, 4) is 5.88 Å². The maximum atomic E-state index is 12.8. The number of hydrogen-bond acceptors (Lipinski definition) is 5. The van der Waals surface area contributed by atoms with Gasteiger partial charge in [0.2, 0.25) is 5.91 Å². The maximum absolute atomic E-state index is 12.8. The molecular formula is C22H23ClN4O2. The fraction of sp³-hybridized carbons (Fsp3) is 0.318. The average Bonchev–Trinajstić information content (AvgIpc) is 2.73. The lowest BCUT2D eigenvalue weighted by molar-refractivity contribution is -0.120. The molecule has 0 radical (unpaired) electrons. The van der Waals surface area contributed by atoms with Crippen molar-refractivity contribution in [3.63, 3.8) is 0 Å². The Hall–Kier alpha value is -2.86. The number of para-hydroxylation sites is 2. The fourth-order valence-electron chi connectivity index (χ4n) is 3.61. The highest BCUT2D eigenvalue weighted by Crippen LogP contribution is 2.31. The van der Waals surface area contributed by atoms with E-state index in [4.69, 9.17) is 21.3 Å². The van der Waals surface area contributed by atoms with Crippen molar-refractivity contribution in [2.45, 2.75) is 19.8 Å². The zero-order valence-corrected chi connectivity index (χ0v) is 17.0. The second-order valence-corrected chi connectivity index (χ2v) is 7.50. The number of amides is 1. The SMILES string of the molecule is CCOc1nc2ccccc2nc1N1CCC[C@H](C(=O)Nc2cccc(Cl)c2)C1. The summed E-state index contributed by atoms with van der Waals surface area (Å²) in [6, 6.07) is 14.9. The minimum Gasteiger partial charge on any atom is -0.475 e. The molecule has 6 nitrogen and oxygen atoms in total. The van der Waals surface area contributed by atoms with Gasteiger partial charge >= 0.3 is 0 Å². The predicted octanol–water partition coefficient (Wildman–Crippen LogP) is 4.54. The summed E-state index contributed by atoms with van der Waals surface area (Å²) in [6.07, 6.45) is 1.72. The molecule has 29 heavy (non-hydrogen) atoms. The molecule has 150 valence electrons. The van der Waals surface area contributed by atoms with Crippen LogP contribution < -0.4 is 15.0 Å². The van der Waals surface area contributed by atoms with E-state index >= 15 is 0 Å². The number of rotatable bonds is 5. The van der Waals surface area contributed by atoms with Gasteiger partial charge in [-0.3, -0.25) is 4.79 Å². The number of benzene rings is 2. The zero-order chi connectivity index (χ0) is 20.2. The van der Waals surface area contributed by atoms with E-state index in [1.807, 2.05) is 43.3 Å². The fourth-order valence-corrected chi connectivity index (χ4v) is 3.80. The van der Waals surface area contributed by atoms with E-state index < -0.39 is 0 Å². The molecule has 2 aromatic carbocycles. The van der Waals surface area contributed by atoms with Crippen molar-refractivity contribution in [1.29, 1.82) is 0 Å². The number of nitrogens with zero attached hydrogens (tertiary/aromatic N) is 3. The molecule has 2 heterocycles. The molecule has 7 heteroatoms. The molecule has 4 rings (SSSR count). The normalized spacial score (nSPS) is 16.6. The highest BCUT2D eigenvalue weighted by Gasteiger charge is 2.29. The molecule has 1 N–H and O–H groups in total. The molecule has 1 fully saturated rings. The van der Waals surface area contributed by atoms with E-state index in [2.05, 4.69) is 15.2 Å². The van der Waals surface area contributed by atoms with Crippen LogP contribution in [0.1, 0.15) is 19.8 Å². The van der Waals surface area contributed by atoms with Crippen molar-refractivity contribution in [3.05, 3.63) is 53.6 Å². The largest absolute Gasteiger partial charge is 0.475 e. The minimum atomic E-state index is -0.148. The highest BCUT2D eigenvalue weighted by atomic mass is 35.5. The van der Waals surface area contributed by atoms with Crippen molar-refractivity contribution >= 4 is 40.0 Å². The Morgan fingerprint density at radius 3 is 2.76 bits per heavy atom. The third-order valence-corrected chi connectivity index (χ3v) is 5.22. The second-order valence-electron chi connectivity index (χ2n) is 7.06. The number of anilines is 2. The summed E-state index contributed by atoms with van der Waals surface area (Å²) in [5.74, 6) is 1.06. The van der Waals surface area contributed by atoms with E-state index in [1.54, 1.807) is 12.1 Å². The van der Waals surface area contributed by atoms with Gasteiger partial charge in [-0.25, -0.2) is 9.97 Å².